The van der Waals surface area contributed by atoms with Gasteiger partial charge in [-0.2, -0.15) is 0 Å². The first-order chi connectivity index (χ1) is 12.3. The second-order valence-electron chi connectivity index (χ2n) is 5.99. The second kappa shape index (κ2) is 7.09. The third kappa shape index (κ3) is 3.45. The fourth-order valence-electron chi connectivity index (χ4n) is 2.78. The summed E-state index contributed by atoms with van der Waals surface area (Å²) in [5.41, 5.74) is 1.65. The number of anilines is 1. The van der Waals surface area contributed by atoms with Gasteiger partial charge in [0.2, 0.25) is 5.91 Å². The van der Waals surface area contributed by atoms with E-state index in [1.165, 1.54) is 12.1 Å². The van der Waals surface area contributed by atoms with Crippen molar-refractivity contribution in [2.75, 3.05) is 11.9 Å². The molecule has 0 radical (unpaired) electrons. The lowest BCUT2D eigenvalue weighted by atomic mass is 10.2. The van der Waals surface area contributed by atoms with Crippen molar-refractivity contribution < 1.29 is 18.0 Å². The maximum absolute atomic E-state index is 12.4. The van der Waals surface area contributed by atoms with Crippen LogP contribution in [-0.2, 0) is 14.8 Å². The number of nitrogens with zero attached hydrogens (tertiary/aromatic N) is 1. The Morgan fingerprint density at radius 1 is 1.19 bits per heavy atom. The predicted molar refractivity (Wildman–Crippen MR) is 98.7 cm³/mol. The Bertz CT molecular complexity index is 988. The summed E-state index contributed by atoms with van der Waals surface area (Å²) in [6.45, 7) is 1.80. The van der Waals surface area contributed by atoms with Crippen LogP contribution in [-0.4, -0.2) is 31.1 Å². The van der Waals surface area contributed by atoms with Crippen LogP contribution in [0.15, 0.2) is 47.4 Å². The Balaban J connectivity index is 1.61. The quantitative estimate of drug-likeness (QED) is 0.846. The van der Waals surface area contributed by atoms with Gasteiger partial charge in [-0.25, -0.2) is 12.7 Å². The van der Waals surface area contributed by atoms with Gasteiger partial charge < -0.3 is 5.32 Å². The molecule has 0 spiro atoms. The van der Waals surface area contributed by atoms with Crippen molar-refractivity contribution in [2.45, 2.75) is 24.7 Å². The first kappa shape index (κ1) is 18.4. The van der Waals surface area contributed by atoms with Gasteiger partial charge in [0.1, 0.15) is 4.90 Å². The smallest absolute Gasteiger partial charge is 0.269 e. The molecule has 136 valence electrons. The molecular formula is C18H17ClN2O4S. The minimum Gasteiger partial charge on any atom is -0.326 e. The molecule has 0 aliphatic carbocycles. The molecular weight excluding hydrogens is 376 g/mol. The molecule has 1 aliphatic heterocycles. The summed E-state index contributed by atoms with van der Waals surface area (Å²) < 4.78 is 25.7. The number of amides is 2. The first-order valence-electron chi connectivity index (χ1n) is 8.03. The summed E-state index contributed by atoms with van der Waals surface area (Å²) in [7, 11) is -3.83. The maximum atomic E-state index is 12.4. The Morgan fingerprint density at radius 2 is 1.92 bits per heavy atom. The van der Waals surface area contributed by atoms with Crippen LogP contribution in [0.5, 0.6) is 0 Å². The van der Waals surface area contributed by atoms with Crippen molar-refractivity contribution in [1.29, 1.82) is 0 Å². The maximum Gasteiger partial charge on any atom is 0.269 e. The number of rotatable bonds is 5. The number of benzene rings is 2. The van der Waals surface area contributed by atoms with Gasteiger partial charge in [0.05, 0.1) is 5.56 Å². The molecule has 6 nitrogen and oxygen atoms in total. The van der Waals surface area contributed by atoms with Crippen LogP contribution in [0.3, 0.4) is 0 Å². The number of sulfonamides is 1. The summed E-state index contributed by atoms with van der Waals surface area (Å²) in [6.07, 6.45) is 0.312. The van der Waals surface area contributed by atoms with E-state index in [2.05, 4.69) is 5.32 Å². The fourth-order valence-corrected chi connectivity index (χ4v) is 4.56. The van der Waals surface area contributed by atoms with Crippen molar-refractivity contribution in [3.63, 3.8) is 0 Å². The molecule has 0 aromatic heterocycles. The van der Waals surface area contributed by atoms with Crippen LogP contribution >= 0.6 is 11.6 Å². The average molecular weight is 393 g/mol. The van der Waals surface area contributed by atoms with Gasteiger partial charge in [-0.1, -0.05) is 29.8 Å². The summed E-state index contributed by atoms with van der Waals surface area (Å²) in [5.74, 6) is -0.816. The van der Waals surface area contributed by atoms with E-state index < -0.39 is 15.9 Å². The molecule has 2 amide bonds. The number of hydrogen-bond acceptors (Lipinski definition) is 4. The van der Waals surface area contributed by atoms with E-state index in [-0.39, 0.29) is 35.8 Å². The van der Waals surface area contributed by atoms with Crippen molar-refractivity contribution in [2.24, 2.45) is 0 Å². The van der Waals surface area contributed by atoms with E-state index in [4.69, 9.17) is 11.6 Å². The average Bonchev–Trinajstić information content (AvgIpc) is 2.79. The number of halogens is 1. The van der Waals surface area contributed by atoms with Crippen LogP contribution in [0.4, 0.5) is 5.69 Å². The first-order valence-corrected chi connectivity index (χ1v) is 9.84. The van der Waals surface area contributed by atoms with Crippen LogP contribution in [0.2, 0.25) is 5.02 Å². The topological polar surface area (TPSA) is 83.6 Å². The summed E-state index contributed by atoms with van der Waals surface area (Å²) in [5, 5.41) is 3.26. The molecule has 0 bridgehead atoms. The number of aryl methyl sites for hydroxylation is 1. The lowest BCUT2D eigenvalue weighted by molar-refractivity contribution is -0.116. The third-order valence-electron chi connectivity index (χ3n) is 4.15. The molecule has 1 heterocycles. The standard InChI is InChI=1S/C18H17ClN2O4S/c1-12-8-9-13(19)11-15(12)20-17(22)7-4-10-21-18(23)14-5-2-3-6-16(14)26(21,24)25/h2-3,5-6,8-9,11H,4,7,10H2,1H3,(H,20,22). The SMILES string of the molecule is Cc1ccc(Cl)cc1NC(=O)CCCN1C(=O)c2ccccc2S1(=O)=O. The highest BCUT2D eigenvalue weighted by Crippen LogP contribution is 2.30. The second-order valence-corrected chi connectivity index (χ2v) is 8.26. The molecule has 1 N–H and O–H groups in total. The lowest BCUT2D eigenvalue weighted by Gasteiger charge is -2.15. The number of carbonyl (C=O) groups is 2. The highest BCUT2D eigenvalue weighted by molar-refractivity contribution is 7.90. The van der Waals surface area contributed by atoms with Crippen LogP contribution in [0.1, 0.15) is 28.8 Å². The third-order valence-corrected chi connectivity index (χ3v) is 6.23. The minimum atomic E-state index is -3.83. The van der Waals surface area contributed by atoms with Crippen molar-refractivity contribution in [3.8, 4) is 0 Å². The van der Waals surface area contributed by atoms with Gasteiger partial charge in [0, 0.05) is 23.7 Å². The summed E-state index contributed by atoms with van der Waals surface area (Å²) in [6, 6.07) is 11.3. The van der Waals surface area contributed by atoms with E-state index in [1.54, 1.807) is 30.3 Å². The number of hydrogen-bond donors (Lipinski definition) is 1. The molecule has 0 saturated heterocycles. The Kier molecular flexibility index (Phi) is 5.02. The fraction of sp³-hybridized carbons (Fsp3) is 0.222. The normalized spacial score (nSPS) is 15.0. The number of nitrogens with one attached hydrogen (secondary N) is 1. The molecule has 8 heteroatoms. The van der Waals surface area contributed by atoms with E-state index in [9.17, 15) is 18.0 Å². The van der Waals surface area contributed by atoms with Crippen LogP contribution in [0.25, 0.3) is 0 Å². The zero-order chi connectivity index (χ0) is 18.9. The highest BCUT2D eigenvalue weighted by atomic mass is 35.5. The molecule has 2 aromatic rings. The zero-order valence-corrected chi connectivity index (χ0v) is 15.6. The molecule has 0 fully saturated rings. The molecule has 2 aromatic carbocycles. The largest absolute Gasteiger partial charge is 0.326 e. The molecule has 0 saturated carbocycles. The van der Waals surface area contributed by atoms with Crippen LogP contribution in [0, 0.1) is 6.92 Å². The Hall–Kier alpha value is -2.38. The molecule has 0 unspecified atom stereocenters. The predicted octanol–water partition coefficient (Wildman–Crippen LogP) is 3.21. The molecule has 1 aliphatic rings. The van der Waals surface area contributed by atoms with Gasteiger partial charge in [-0.3, -0.25) is 9.59 Å². The van der Waals surface area contributed by atoms with E-state index in [0.717, 1.165) is 9.87 Å². The van der Waals surface area contributed by atoms with E-state index in [0.29, 0.717) is 10.7 Å². The van der Waals surface area contributed by atoms with Crippen LogP contribution < -0.4 is 5.32 Å². The van der Waals surface area contributed by atoms with E-state index in [1.807, 2.05) is 6.92 Å². The number of fused-ring (bicyclic) bond motifs is 1. The minimum absolute atomic E-state index is 0.0176. The van der Waals surface area contributed by atoms with Gasteiger partial charge in [-0.05, 0) is 43.2 Å². The summed E-state index contributed by atoms with van der Waals surface area (Å²) in [4.78, 5) is 24.4. The summed E-state index contributed by atoms with van der Waals surface area (Å²) >= 11 is 5.92. The number of carbonyl (C=O) groups excluding carboxylic acids is 2. The van der Waals surface area contributed by atoms with Gasteiger partial charge in [0.15, 0.2) is 0 Å². The van der Waals surface area contributed by atoms with Crippen molar-refractivity contribution >= 4 is 39.1 Å². The highest BCUT2D eigenvalue weighted by Gasteiger charge is 2.40. The zero-order valence-electron chi connectivity index (χ0n) is 14.0. The lowest BCUT2D eigenvalue weighted by Crippen LogP contribution is -2.31. The van der Waals surface area contributed by atoms with Crippen molar-refractivity contribution in [1.82, 2.24) is 4.31 Å². The Morgan fingerprint density at radius 3 is 2.65 bits per heavy atom. The Labute approximate surface area is 156 Å². The van der Waals surface area contributed by atoms with Gasteiger partial charge >= 0.3 is 0 Å². The monoisotopic (exact) mass is 392 g/mol. The van der Waals surface area contributed by atoms with Crippen molar-refractivity contribution in [3.05, 3.63) is 58.6 Å². The molecule has 0 atom stereocenters. The molecule has 26 heavy (non-hydrogen) atoms. The van der Waals surface area contributed by atoms with Gasteiger partial charge in [0.25, 0.3) is 15.9 Å². The van der Waals surface area contributed by atoms with E-state index >= 15 is 0 Å². The molecule has 3 rings (SSSR count). The van der Waals surface area contributed by atoms with Gasteiger partial charge in [-0.15, -0.1) is 0 Å².